The van der Waals surface area contributed by atoms with Crippen LogP contribution in [-0.4, -0.2) is 11.1 Å². The number of halogens is 1. The Morgan fingerprint density at radius 2 is 2.00 bits per heavy atom. The quantitative estimate of drug-likeness (QED) is 0.214. The van der Waals surface area contributed by atoms with Crippen LogP contribution in [0.3, 0.4) is 0 Å². The number of hydrogen-bond donors (Lipinski definition) is 0. The van der Waals surface area contributed by atoms with Crippen LogP contribution in [0.2, 0.25) is 0 Å². The summed E-state index contributed by atoms with van der Waals surface area (Å²) in [4.78, 5) is 2.37. The Labute approximate surface area is 181 Å². The van der Waals surface area contributed by atoms with E-state index in [4.69, 9.17) is 17.0 Å². The van der Waals surface area contributed by atoms with Crippen LogP contribution >= 0.6 is 46.6 Å². The number of aryl methyl sites for hydroxylation is 2. The zero-order valence-corrected chi connectivity index (χ0v) is 20.0. The summed E-state index contributed by atoms with van der Waals surface area (Å²) in [5, 5.41) is 0. The van der Waals surface area contributed by atoms with Crippen molar-refractivity contribution < 1.29 is 4.74 Å². The first-order chi connectivity index (χ1) is 12.4. The first-order valence-corrected chi connectivity index (χ1v) is 11.7. The maximum atomic E-state index is 6.29. The van der Waals surface area contributed by atoms with Gasteiger partial charge >= 0.3 is 0 Å². The molecule has 0 aromatic heterocycles. The van der Waals surface area contributed by atoms with Crippen molar-refractivity contribution in [2.45, 2.75) is 58.0 Å². The average Bonchev–Trinajstić information content (AvgIpc) is 2.66. The molecule has 0 spiro atoms. The second-order valence-corrected chi connectivity index (χ2v) is 8.96. The highest BCUT2D eigenvalue weighted by atomic mass is 127. The molecule has 2 aromatic carbocycles. The first kappa shape index (κ1) is 21.7. The molecular weight excluding hydrogens is 471 g/mol. The lowest BCUT2D eigenvalue weighted by Gasteiger charge is -2.20. The minimum absolute atomic E-state index is 0.268. The highest BCUT2D eigenvalue weighted by Gasteiger charge is 2.17. The van der Waals surface area contributed by atoms with Gasteiger partial charge < -0.3 is 4.74 Å². The predicted molar refractivity (Wildman–Crippen MR) is 127 cm³/mol. The first-order valence-electron chi connectivity index (χ1n) is 9.03. The topological polar surface area (TPSA) is 9.23 Å². The fourth-order valence-electron chi connectivity index (χ4n) is 3.11. The molecule has 0 N–H and O–H groups in total. The Morgan fingerprint density at radius 3 is 2.62 bits per heavy atom. The molecule has 0 saturated carbocycles. The van der Waals surface area contributed by atoms with Crippen molar-refractivity contribution in [2.24, 2.45) is 0 Å². The molecule has 0 bridgehead atoms. The van der Waals surface area contributed by atoms with E-state index in [-0.39, 0.29) is 5.92 Å². The van der Waals surface area contributed by atoms with Crippen LogP contribution in [0, 0.1) is 10.5 Å². The van der Waals surface area contributed by atoms with Crippen LogP contribution in [0.4, 0.5) is 0 Å². The Bertz CT molecular complexity index is 786. The van der Waals surface area contributed by atoms with Crippen LogP contribution in [0.15, 0.2) is 35.2 Å². The maximum Gasteiger partial charge on any atom is 0.123 e. The zero-order chi connectivity index (χ0) is 19.3. The summed E-state index contributed by atoms with van der Waals surface area (Å²) in [7, 11) is 0. The molecular formula is C22H27IOS2. The third-order valence-electron chi connectivity index (χ3n) is 4.78. The third-order valence-corrected chi connectivity index (χ3v) is 7.25. The molecule has 0 aliphatic rings. The summed E-state index contributed by atoms with van der Waals surface area (Å²) in [5.41, 5.74) is 5.13. The smallest absolute Gasteiger partial charge is 0.123 e. The van der Waals surface area contributed by atoms with Crippen molar-refractivity contribution in [1.29, 1.82) is 0 Å². The average molecular weight is 498 g/mol. The van der Waals surface area contributed by atoms with E-state index in [2.05, 4.69) is 86.9 Å². The Hall–Kier alpha value is -0.590. The Balaban J connectivity index is 2.34. The van der Waals surface area contributed by atoms with Crippen molar-refractivity contribution in [1.82, 2.24) is 0 Å². The monoisotopic (exact) mass is 498 g/mol. The zero-order valence-electron chi connectivity index (χ0n) is 16.2. The van der Waals surface area contributed by atoms with Crippen molar-refractivity contribution in [3.05, 3.63) is 56.2 Å². The highest BCUT2D eigenvalue weighted by molar-refractivity contribution is 14.1. The largest absolute Gasteiger partial charge is 0.489 e. The molecule has 0 aliphatic carbocycles. The molecule has 1 nitrogen and oxygen atoms in total. The molecule has 0 saturated heterocycles. The van der Waals surface area contributed by atoms with Crippen LogP contribution in [0.25, 0.3) is 0 Å². The summed E-state index contributed by atoms with van der Waals surface area (Å²) in [5.74, 6) is 1.24. The Morgan fingerprint density at radius 1 is 1.27 bits per heavy atom. The van der Waals surface area contributed by atoms with Gasteiger partial charge in [0.2, 0.25) is 0 Å². The van der Waals surface area contributed by atoms with E-state index in [9.17, 15) is 0 Å². The molecule has 1 unspecified atom stereocenters. The van der Waals surface area contributed by atoms with Crippen molar-refractivity contribution in [2.75, 3.05) is 6.26 Å². The number of thioether (sulfide) groups is 1. The molecule has 2 rings (SSSR count). The minimum Gasteiger partial charge on any atom is -0.489 e. The van der Waals surface area contributed by atoms with Crippen molar-refractivity contribution in [3.8, 4) is 5.75 Å². The van der Waals surface area contributed by atoms with E-state index in [0.717, 1.165) is 23.5 Å². The molecule has 0 fully saturated rings. The highest BCUT2D eigenvalue weighted by Crippen LogP contribution is 2.32. The lowest BCUT2D eigenvalue weighted by atomic mass is 9.92. The summed E-state index contributed by atoms with van der Waals surface area (Å²) in [6, 6.07) is 10.9. The summed E-state index contributed by atoms with van der Waals surface area (Å²) in [6.45, 7) is 9.23. The lowest BCUT2D eigenvalue weighted by molar-refractivity contribution is 0.299. The van der Waals surface area contributed by atoms with Crippen LogP contribution in [0.1, 0.15) is 55.4 Å². The molecule has 4 heteroatoms. The minimum atomic E-state index is 0.268. The van der Waals surface area contributed by atoms with E-state index < -0.39 is 0 Å². The normalized spacial score (nSPS) is 12.1. The molecule has 0 radical (unpaired) electrons. The fourth-order valence-corrected chi connectivity index (χ4v) is 4.70. The maximum absolute atomic E-state index is 6.29. The summed E-state index contributed by atoms with van der Waals surface area (Å²) in [6.07, 6.45) is 4.09. The van der Waals surface area contributed by atoms with Crippen LogP contribution in [0.5, 0.6) is 5.75 Å². The summed E-state index contributed by atoms with van der Waals surface area (Å²) >= 11 is 9.76. The molecule has 0 heterocycles. The van der Waals surface area contributed by atoms with E-state index in [0.29, 0.717) is 6.61 Å². The number of hydrogen-bond acceptors (Lipinski definition) is 3. The van der Waals surface area contributed by atoms with E-state index in [1.165, 1.54) is 30.7 Å². The van der Waals surface area contributed by atoms with Crippen molar-refractivity contribution in [3.63, 3.8) is 0 Å². The molecule has 2 aromatic rings. The summed E-state index contributed by atoms with van der Waals surface area (Å²) < 4.78 is 7.56. The van der Waals surface area contributed by atoms with Gasteiger partial charge in [0.25, 0.3) is 0 Å². The van der Waals surface area contributed by atoms with Gasteiger partial charge in [0, 0.05) is 19.9 Å². The van der Waals surface area contributed by atoms with Gasteiger partial charge in [-0.15, -0.1) is 11.8 Å². The van der Waals surface area contributed by atoms with E-state index in [1.807, 2.05) is 0 Å². The van der Waals surface area contributed by atoms with Gasteiger partial charge in [-0.3, -0.25) is 0 Å². The van der Waals surface area contributed by atoms with Crippen LogP contribution < -0.4 is 4.74 Å². The van der Waals surface area contributed by atoms with Gasteiger partial charge in [0.05, 0.1) is 0 Å². The second-order valence-electron chi connectivity index (χ2n) is 6.42. The molecule has 0 aliphatic heterocycles. The number of benzene rings is 2. The molecule has 0 amide bonds. The Kier molecular flexibility index (Phi) is 8.42. The SMILES string of the molecule is CCC(=S)C(C)c1cccc(SC)c1COc1cc(I)c(CC)cc1C. The van der Waals surface area contributed by atoms with Gasteiger partial charge in [0.15, 0.2) is 0 Å². The van der Waals surface area contributed by atoms with Crippen molar-refractivity contribution >= 4 is 51.4 Å². The standard InChI is InChI=1S/C22H27IOS2/c1-6-16-11-14(3)20(12-19(16)23)24-13-18-17(15(4)21(25)7-2)9-8-10-22(18)26-5/h8-12,15H,6-7,13H2,1-5H3. The fraction of sp³-hybridized carbons (Fsp3) is 0.409. The second kappa shape index (κ2) is 10.1. The van der Waals surface area contributed by atoms with Gasteiger partial charge in [-0.1, -0.05) is 51.2 Å². The predicted octanol–water partition coefficient (Wildman–Crippen LogP) is 7.35. The van der Waals surface area contributed by atoms with Gasteiger partial charge in [0.1, 0.15) is 12.4 Å². The van der Waals surface area contributed by atoms with E-state index >= 15 is 0 Å². The van der Waals surface area contributed by atoms with Crippen LogP contribution in [-0.2, 0) is 13.0 Å². The molecule has 140 valence electrons. The third kappa shape index (κ3) is 5.02. The number of rotatable bonds is 8. The van der Waals surface area contributed by atoms with Gasteiger partial charge in [-0.05, 0) is 82.3 Å². The van der Waals surface area contributed by atoms with Gasteiger partial charge in [-0.25, -0.2) is 0 Å². The molecule has 1 atom stereocenters. The lowest BCUT2D eigenvalue weighted by Crippen LogP contribution is -2.11. The van der Waals surface area contributed by atoms with Gasteiger partial charge in [-0.2, -0.15) is 0 Å². The number of thiocarbonyl (C=S) groups is 1. The number of ether oxygens (including phenoxy) is 1. The molecule has 26 heavy (non-hydrogen) atoms. The van der Waals surface area contributed by atoms with E-state index in [1.54, 1.807) is 11.8 Å².